The molecule has 0 saturated carbocycles. The van der Waals surface area contributed by atoms with Crippen LogP contribution in [0.15, 0.2) is 18.2 Å². The van der Waals surface area contributed by atoms with Gasteiger partial charge in [0.05, 0.1) is 0 Å². The first-order valence-corrected chi connectivity index (χ1v) is 3.99. The van der Waals surface area contributed by atoms with Gasteiger partial charge in [0, 0.05) is 0 Å². The summed E-state index contributed by atoms with van der Waals surface area (Å²) in [6.07, 6.45) is 0.886. The zero-order valence-corrected chi connectivity index (χ0v) is 7.88. The topological polar surface area (TPSA) is 44.5 Å². The fraction of sp³-hybridized carbons (Fsp3) is 0.333. The molecule has 1 aromatic rings. The molecule has 72 valence electrons. The van der Waals surface area contributed by atoms with Gasteiger partial charge in [-0.15, -0.1) is 0 Å². The van der Waals surface area contributed by atoms with Crippen molar-refractivity contribution in [2.24, 2.45) is 5.73 Å². The van der Waals surface area contributed by atoms with Crippen LogP contribution in [-0.4, -0.2) is 13.3 Å². The van der Waals surface area contributed by atoms with Gasteiger partial charge in [-0.05, 0) is 30.7 Å². The lowest BCUT2D eigenvalue weighted by atomic mass is 10.1. The van der Waals surface area contributed by atoms with E-state index in [-0.39, 0.29) is 13.8 Å². The Labute approximate surface area is 84.7 Å². The van der Waals surface area contributed by atoms with Crippen LogP contribution in [-0.2, 0) is 6.42 Å². The molecule has 0 radical (unpaired) electrons. The molecule has 0 spiro atoms. The predicted octanol–water partition coefficient (Wildman–Crippen LogP) is -1.97. The number of halogens is 1. The van der Waals surface area contributed by atoms with Crippen LogP contribution in [0.25, 0.3) is 0 Å². The number of nitrogens with two attached hydrogens (primary N) is 1. The second kappa shape index (κ2) is 4.35. The van der Waals surface area contributed by atoms with Crippen LogP contribution in [0.4, 0.5) is 0 Å². The first-order valence-electron chi connectivity index (χ1n) is 3.99. The standard InChI is InChI=1S/C9H11NO2.ClH/c10-4-3-7-1-2-8-9(5-7)12-6-11-8;/h1-2,5H,3-4,6,10H2;1H. The molecular weight excluding hydrogens is 190 g/mol. The second-order valence-corrected chi connectivity index (χ2v) is 2.73. The molecule has 0 fully saturated rings. The summed E-state index contributed by atoms with van der Waals surface area (Å²) >= 11 is 0. The van der Waals surface area contributed by atoms with Gasteiger partial charge in [-0.3, -0.25) is 0 Å². The maximum absolute atomic E-state index is 5.43. The van der Waals surface area contributed by atoms with Gasteiger partial charge in [-0.2, -0.15) is 0 Å². The summed E-state index contributed by atoms with van der Waals surface area (Å²) in [5, 5.41) is 0. The number of fused-ring (bicyclic) bond motifs is 1. The van der Waals surface area contributed by atoms with Crippen molar-refractivity contribution in [1.82, 2.24) is 0 Å². The van der Waals surface area contributed by atoms with Crippen molar-refractivity contribution in [2.45, 2.75) is 6.42 Å². The van der Waals surface area contributed by atoms with Gasteiger partial charge in [-0.1, -0.05) is 6.07 Å². The molecule has 4 heteroatoms. The molecule has 1 aliphatic heterocycles. The molecule has 0 aliphatic carbocycles. The van der Waals surface area contributed by atoms with E-state index in [0.717, 1.165) is 17.9 Å². The number of hydrogen-bond donors (Lipinski definition) is 1. The summed E-state index contributed by atoms with van der Waals surface area (Å²) in [4.78, 5) is 0. The van der Waals surface area contributed by atoms with E-state index in [4.69, 9.17) is 15.2 Å². The first kappa shape index (κ1) is 10.2. The molecule has 2 N–H and O–H groups in total. The zero-order chi connectivity index (χ0) is 8.39. The molecule has 0 atom stereocenters. The number of rotatable bonds is 2. The lowest BCUT2D eigenvalue weighted by Crippen LogP contribution is -3.00. The third-order valence-corrected chi connectivity index (χ3v) is 1.87. The SMILES string of the molecule is NCCc1ccc2c(c1)OCO2.[Cl-].[H+]. The third-order valence-electron chi connectivity index (χ3n) is 1.87. The Morgan fingerprint density at radius 1 is 1.31 bits per heavy atom. The average molecular weight is 202 g/mol. The highest BCUT2D eigenvalue weighted by molar-refractivity contribution is 5.44. The third kappa shape index (κ3) is 2.05. The van der Waals surface area contributed by atoms with Crippen molar-refractivity contribution in [3.63, 3.8) is 0 Å². The molecule has 0 amide bonds. The fourth-order valence-corrected chi connectivity index (χ4v) is 1.26. The highest BCUT2D eigenvalue weighted by atomic mass is 35.5. The minimum Gasteiger partial charge on any atom is -1.00 e. The molecule has 1 aliphatic rings. The van der Waals surface area contributed by atoms with E-state index in [1.165, 1.54) is 5.56 Å². The van der Waals surface area contributed by atoms with Crippen LogP contribution in [0.5, 0.6) is 11.5 Å². The smallest absolute Gasteiger partial charge is 1.00 e. The molecule has 0 saturated heterocycles. The molecule has 1 aromatic carbocycles. The maximum atomic E-state index is 5.43. The highest BCUT2D eigenvalue weighted by Crippen LogP contribution is 2.32. The average Bonchev–Trinajstić information content (AvgIpc) is 2.51. The lowest BCUT2D eigenvalue weighted by Gasteiger charge is -1.99. The molecule has 0 unspecified atom stereocenters. The lowest BCUT2D eigenvalue weighted by molar-refractivity contribution is -0.00000411. The molecule has 0 aromatic heterocycles. The van der Waals surface area contributed by atoms with Gasteiger partial charge in [0.15, 0.2) is 11.5 Å². The van der Waals surface area contributed by atoms with Gasteiger partial charge in [-0.25, -0.2) is 0 Å². The van der Waals surface area contributed by atoms with Crippen LogP contribution in [0.1, 0.15) is 6.99 Å². The van der Waals surface area contributed by atoms with Crippen molar-refractivity contribution in [2.75, 3.05) is 13.3 Å². The molecule has 3 nitrogen and oxygen atoms in total. The Balaban J connectivity index is 0.000000845. The van der Waals surface area contributed by atoms with E-state index in [1.807, 2.05) is 18.2 Å². The molecule has 0 bridgehead atoms. The monoisotopic (exact) mass is 201 g/mol. The second-order valence-electron chi connectivity index (χ2n) is 2.73. The summed E-state index contributed by atoms with van der Waals surface area (Å²) in [5.74, 6) is 1.66. The molecule has 1 heterocycles. The van der Waals surface area contributed by atoms with Gasteiger partial charge < -0.3 is 27.6 Å². The number of benzene rings is 1. The quantitative estimate of drug-likeness (QED) is 0.604. The Kier molecular flexibility index (Phi) is 3.39. The Morgan fingerprint density at radius 2 is 2.08 bits per heavy atom. The Hall–Kier alpha value is -0.930. The zero-order valence-electron chi connectivity index (χ0n) is 8.13. The van der Waals surface area contributed by atoms with Gasteiger partial charge in [0.1, 0.15) is 0 Å². The van der Waals surface area contributed by atoms with Crippen LogP contribution in [0, 0.1) is 0 Å². The first-order chi connectivity index (χ1) is 5.90. The van der Waals surface area contributed by atoms with E-state index >= 15 is 0 Å². The fourth-order valence-electron chi connectivity index (χ4n) is 1.26. The number of ether oxygens (including phenoxy) is 2. The summed E-state index contributed by atoms with van der Waals surface area (Å²) in [6.45, 7) is 1.00. The van der Waals surface area contributed by atoms with Crippen molar-refractivity contribution < 1.29 is 23.3 Å². The summed E-state index contributed by atoms with van der Waals surface area (Å²) in [7, 11) is 0. The van der Waals surface area contributed by atoms with E-state index in [0.29, 0.717) is 13.3 Å². The Morgan fingerprint density at radius 3 is 2.85 bits per heavy atom. The van der Waals surface area contributed by atoms with Crippen molar-refractivity contribution in [1.29, 1.82) is 0 Å². The normalized spacial score (nSPS) is 12.4. The van der Waals surface area contributed by atoms with E-state index in [2.05, 4.69) is 0 Å². The van der Waals surface area contributed by atoms with Crippen LogP contribution in [0.2, 0.25) is 0 Å². The largest absolute Gasteiger partial charge is 1.00 e. The van der Waals surface area contributed by atoms with Gasteiger partial charge in [0.25, 0.3) is 0 Å². The number of hydrogen-bond acceptors (Lipinski definition) is 3. The summed E-state index contributed by atoms with van der Waals surface area (Å²) in [6, 6.07) is 5.92. The minimum atomic E-state index is 0. The highest BCUT2D eigenvalue weighted by Gasteiger charge is 2.12. The van der Waals surface area contributed by atoms with Crippen LogP contribution < -0.4 is 27.6 Å². The Bertz CT molecular complexity index is 296. The van der Waals surface area contributed by atoms with Crippen molar-refractivity contribution in [3.8, 4) is 11.5 Å². The van der Waals surface area contributed by atoms with Gasteiger partial charge >= 0.3 is 1.43 Å². The summed E-state index contributed by atoms with van der Waals surface area (Å²) in [5.41, 5.74) is 6.63. The molecule has 13 heavy (non-hydrogen) atoms. The van der Waals surface area contributed by atoms with E-state index < -0.39 is 0 Å². The predicted molar refractivity (Wildman–Crippen MR) is 46.4 cm³/mol. The van der Waals surface area contributed by atoms with Crippen LogP contribution in [0.3, 0.4) is 0 Å². The van der Waals surface area contributed by atoms with Crippen molar-refractivity contribution >= 4 is 0 Å². The van der Waals surface area contributed by atoms with E-state index in [1.54, 1.807) is 0 Å². The summed E-state index contributed by atoms with van der Waals surface area (Å²) < 4.78 is 10.4. The molecule has 2 rings (SSSR count). The minimum absolute atomic E-state index is 0. The van der Waals surface area contributed by atoms with Gasteiger partial charge in [0.2, 0.25) is 6.79 Å². The van der Waals surface area contributed by atoms with Crippen molar-refractivity contribution in [3.05, 3.63) is 23.8 Å². The van der Waals surface area contributed by atoms with Crippen LogP contribution >= 0.6 is 0 Å². The molecular formula is C9H12ClNO2. The maximum Gasteiger partial charge on any atom is 1.00 e. The van der Waals surface area contributed by atoms with E-state index in [9.17, 15) is 0 Å².